The van der Waals surface area contributed by atoms with Crippen molar-refractivity contribution in [1.82, 2.24) is 10.2 Å². The molecule has 1 heterocycles. The van der Waals surface area contributed by atoms with Gasteiger partial charge in [-0.05, 0) is 60.7 Å². The second-order valence-electron chi connectivity index (χ2n) is 10.9. The molecule has 2 aromatic carbocycles. The number of carboxylic acids is 2. The van der Waals surface area contributed by atoms with Gasteiger partial charge in [-0.25, -0.2) is 14.0 Å². The average Bonchev–Trinajstić information content (AvgIpc) is 3.60. The van der Waals surface area contributed by atoms with E-state index in [9.17, 15) is 45.4 Å². The zero-order chi connectivity index (χ0) is 38.0. The van der Waals surface area contributed by atoms with Crippen molar-refractivity contribution in [3.05, 3.63) is 63.9 Å². The number of amides is 2. The van der Waals surface area contributed by atoms with Crippen molar-refractivity contribution < 1.29 is 65.2 Å². The van der Waals surface area contributed by atoms with Crippen molar-refractivity contribution in [3.8, 4) is 0 Å². The molecule has 2 amide bonds. The summed E-state index contributed by atoms with van der Waals surface area (Å²) in [6.07, 6.45) is -7.49. The fourth-order valence-electron chi connectivity index (χ4n) is 4.99. The van der Waals surface area contributed by atoms with Gasteiger partial charge in [-0.2, -0.15) is 26.3 Å². The smallest absolute Gasteiger partial charge is 0.475 e. The van der Waals surface area contributed by atoms with E-state index in [2.05, 4.69) is 26.6 Å². The molecule has 21 heteroatoms. The van der Waals surface area contributed by atoms with Crippen LogP contribution in [0.1, 0.15) is 35.6 Å². The number of guanidine groups is 1. The quantitative estimate of drug-likeness (QED) is 0.0951. The number of carboxylic acid groups (broad SMARTS) is 2. The van der Waals surface area contributed by atoms with E-state index in [-0.39, 0.29) is 41.8 Å². The zero-order valence-electron chi connectivity index (χ0n) is 25.7. The molecule has 2 aromatic rings. The molecular formula is C29H32ClF7N6O7. The van der Waals surface area contributed by atoms with Gasteiger partial charge in [0, 0.05) is 30.7 Å². The van der Waals surface area contributed by atoms with Crippen LogP contribution in [0.2, 0.25) is 5.02 Å². The number of carbonyl (C=O) groups excluding carboxylic acids is 2. The maximum atomic E-state index is 13.7. The summed E-state index contributed by atoms with van der Waals surface area (Å²) in [5.74, 6) is -8.20. The van der Waals surface area contributed by atoms with Gasteiger partial charge in [0.15, 0.2) is 5.96 Å². The molecule has 1 fully saturated rings. The topological polar surface area (TPSA) is 221 Å². The van der Waals surface area contributed by atoms with E-state index in [1.807, 2.05) is 12.1 Å². The normalized spacial score (nSPS) is 18.4. The van der Waals surface area contributed by atoms with E-state index in [1.54, 1.807) is 0 Å². The van der Waals surface area contributed by atoms with Crippen molar-refractivity contribution in [2.75, 3.05) is 25.0 Å². The van der Waals surface area contributed by atoms with Crippen LogP contribution in [-0.4, -0.2) is 88.0 Å². The predicted octanol–water partition coefficient (Wildman–Crippen LogP) is 2.94. The third-order valence-electron chi connectivity index (χ3n) is 7.26. The Morgan fingerprint density at radius 3 is 2.08 bits per heavy atom. The van der Waals surface area contributed by atoms with Gasteiger partial charge in [-0.3, -0.25) is 19.5 Å². The number of anilines is 1. The van der Waals surface area contributed by atoms with Gasteiger partial charge >= 0.3 is 36.1 Å². The number of fused-ring (bicyclic) bond motifs is 1. The number of aliphatic hydroxyl groups excluding tert-OH is 1. The third-order valence-corrected chi connectivity index (χ3v) is 7.56. The number of aliphatic imine (C=N–C) groups is 1. The highest BCUT2D eigenvalue weighted by molar-refractivity contribution is 6.39. The van der Waals surface area contributed by atoms with Gasteiger partial charge in [0.25, 0.3) is 0 Å². The van der Waals surface area contributed by atoms with Crippen molar-refractivity contribution >= 4 is 47.0 Å². The van der Waals surface area contributed by atoms with Crippen LogP contribution in [0.25, 0.3) is 0 Å². The zero-order valence-corrected chi connectivity index (χ0v) is 26.4. The first kappa shape index (κ1) is 41.5. The Bertz CT molecular complexity index is 1550. The molecule has 0 radical (unpaired) electrons. The summed E-state index contributed by atoms with van der Waals surface area (Å²) in [5, 5.41) is 29.0. The monoisotopic (exact) mass is 744 g/mol. The average molecular weight is 745 g/mol. The summed E-state index contributed by atoms with van der Waals surface area (Å²) in [4.78, 5) is 49.5. The highest BCUT2D eigenvalue weighted by atomic mass is 35.5. The minimum Gasteiger partial charge on any atom is -0.475 e. The Balaban J connectivity index is 0.000000521. The number of hydrogen-bond acceptors (Lipinski definition) is 7. The Hall–Kier alpha value is -4.69. The molecule has 3 atom stereocenters. The highest BCUT2D eigenvalue weighted by Crippen LogP contribution is 2.37. The molecule has 13 nitrogen and oxygen atoms in total. The Morgan fingerprint density at radius 1 is 0.960 bits per heavy atom. The van der Waals surface area contributed by atoms with Gasteiger partial charge in [0.1, 0.15) is 5.82 Å². The Labute approximate surface area is 284 Å². The van der Waals surface area contributed by atoms with E-state index in [0.717, 1.165) is 48.7 Å². The van der Waals surface area contributed by atoms with Crippen molar-refractivity contribution in [2.24, 2.45) is 22.4 Å². The van der Waals surface area contributed by atoms with Crippen LogP contribution < -0.4 is 22.1 Å². The van der Waals surface area contributed by atoms with Gasteiger partial charge in [0.05, 0.1) is 17.7 Å². The maximum absolute atomic E-state index is 13.7. The maximum Gasteiger partial charge on any atom is 0.490 e. The molecule has 0 unspecified atom stereocenters. The fraction of sp³-hybridized carbons (Fsp3) is 0.414. The molecular weight excluding hydrogens is 713 g/mol. The summed E-state index contributed by atoms with van der Waals surface area (Å²) in [5.41, 5.74) is 14.2. The van der Waals surface area contributed by atoms with Crippen LogP contribution in [0.5, 0.6) is 0 Å². The first-order valence-electron chi connectivity index (χ1n) is 14.3. The highest BCUT2D eigenvalue weighted by Gasteiger charge is 2.39. The molecule has 1 saturated heterocycles. The van der Waals surface area contributed by atoms with Crippen LogP contribution in [-0.2, 0) is 32.1 Å². The fourth-order valence-corrected chi connectivity index (χ4v) is 5.11. The van der Waals surface area contributed by atoms with Gasteiger partial charge < -0.3 is 37.4 Å². The molecule has 1 aliphatic carbocycles. The molecule has 0 aromatic heterocycles. The molecule has 0 spiro atoms. The minimum atomic E-state index is -5.08. The second kappa shape index (κ2) is 17.8. The first-order valence-corrected chi connectivity index (χ1v) is 14.7. The lowest BCUT2D eigenvalue weighted by atomic mass is 10.00. The van der Waals surface area contributed by atoms with Gasteiger partial charge in [-0.1, -0.05) is 29.8 Å². The number of alkyl halides is 6. The number of nitrogens with one attached hydrogen (secondary N) is 2. The third kappa shape index (κ3) is 12.6. The molecule has 1 aliphatic heterocycles. The lowest BCUT2D eigenvalue weighted by molar-refractivity contribution is -0.193. The number of hydrogen-bond donors (Lipinski definition) is 7. The van der Waals surface area contributed by atoms with Crippen LogP contribution in [0, 0.1) is 11.7 Å². The van der Waals surface area contributed by atoms with E-state index < -0.39 is 48.0 Å². The number of halogens is 8. The standard InChI is InChI=1S/C25H30ClFN6O3.2C2HF3O2/c26-20-6-4-17(10-21(20)27)31-23(35)24(36)32-22-16(11-30-25(28)29)9-15-8-14(3-5-19(15)22)12-33-7-1-2-18(33)13-34;2*3-2(4,5)1(6)7/h3-6,8,10,16,18,22,34H,1-2,7,9,11-13H2,(H,31,35)(H,32,36)(H4,28,29,30);2*(H,6,7)/t16-,18+,22-;;/m1../s1. The predicted molar refractivity (Wildman–Crippen MR) is 163 cm³/mol. The lowest BCUT2D eigenvalue weighted by Crippen LogP contribution is -2.40. The Morgan fingerprint density at radius 2 is 1.56 bits per heavy atom. The van der Waals surface area contributed by atoms with E-state index in [4.69, 9.17) is 42.9 Å². The number of nitrogens with zero attached hydrogens (tertiary/aromatic N) is 2. The molecule has 9 N–H and O–H groups in total. The number of nitrogens with two attached hydrogens (primary N) is 2. The molecule has 0 saturated carbocycles. The van der Waals surface area contributed by atoms with Crippen LogP contribution >= 0.6 is 11.6 Å². The van der Waals surface area contributed by atoms with E-state index >= 15 is 0 Å². The number of aliphatic carboxylic acids is 2. The summed E-state index contributed by atoms with van der Waals surface area (Å²) in [6, 6.07) is 9.52. The molecule has 0 bridgehead atoms. The number of carbonyl (C=O) groups is 4. The summed E-state index contributed by atoms with van der Waals surface area (Å²) < 4.78 is 77.2. The SMILES string of the molecule is NC(N)=NC[C@H]1Cc2cc(CN3CCC[C@H]3CO)ccc2[C@@H]1NC(=O)C(=O)Nc1ccc(Cl)c(F)c1.O=C(O)C(F)(F)F.O=C(O)C(F)(F)F. The first-order chi connectivity index (χ1) is 23.1. The summed E-state index contributed by atoms with van der Waals surface area (Å²) in [7, 11) is 0. The van der Waals surface area contributed by atoms with Crippen molar-refractivity contribution in [3.63, 3.8) is 0 Å². The Kier molecular flexibility index (Phi) is 14.8. The minimum absolute atomic E-state index is 0.0525. The second-order valence-corrected chi connectivity index (χ2v) is 11.3. The van der Waals surface area contributed by atoms with Crippen molar-refractivity contribution in [1.29, 1.82) is 0 Å². The molecule has 50 heavy (non-hydrogen) atoms. The molecule has 276 valence electrons. The number of likely N-dealkylation sites (tertiary alicyclic amines) is 1. The molecule has 2 aliphatic rings. The molecule has 4 rings (SSSR count). The van der Waals surface area contributed by atoms with Gasteiger partial charge in [-0.15, -0.1) is 0 Å². The number of benzene rings is 2. The number of rotatable bonds is 7. The van der Waals surface area contributed by atoms with Crippen LogP contribution in [0.4, 0.5) is 36.4 Å². The van der Waals surface area contributed by atoms with Crippen LogP contribution in [0.15, 0.2) is 41.4 Å². The van der Waals surface area contributed by atoms with Crippen LogP contribution in [0.3, 0.4) is 0 Å². The summed E-state index contributed by atoms with van der Waals surface area (Å²) >= 11 is 5.67. The number of aliphatic hydroxyl groups is 1. The van der Waals surface area contributed by atoms with Crippen molar-refractivity contribution in [2.45, 2.75) is 50.2 Å². The lowest BCUT2D eigenvalue weighted by Gasteiger charge is -2.23. The summed E-state index contributed by atoms with van der Waals surface area (Å²) in [6.45, 7) is 2.10. The van der Waals surface area contributed by atoms with E-state index in [0.29, 0.717) is 6.42 Å². The van der Waals surface area contributed by atoms with Gasteiger partial charge in [0.2, 0.25) is 0 Å². The van der Waals surface area contributed by atoms with E-state index in [1.165, 1.54) is 12.1 Å². The largest absolute Gasteiger partial charge is 0.490 e.